The molecule has 2 aliphatic carbocycles. The molecule has 11 nitrogen and oxygen atoms in total. The van der Waals surface area contributed by atoms with E-state index in [4.69, 9.17) is 0 Å². The first-order chi connectivity index (χ1) is 16.3. The lowest BCUT2D eigenvalue weighted by atomic mass is 9.85. The maximum absolute atomic E-state index is 13.5. The minimum atomic E-state index is -0.768. The first-order valence-corrected chi connectivity index (χ1v) is 10.6. The van der Waals surface area contributed by atoms with Gasteiger partial charge in [0.2, 0.25) is 0 Å². The molecular weight excluding hydrogens is 444 g/mol. The fraction of sp³-hybridized carbons (Fsp3) is 0.261. The smallest absolute Gasteiger partial charge is 0.272 e. The Balaban J connectivity index is 1.54. The molecule has 3 amide bonds. The molecule has 34 heavy (non-hydrogen) atoms. The summed E-state index contributed by atoms with van der Waals surface area (Å²) in [6.45, 7) is -0.396. The van der Waals surface area contributed by atoms with E-state index in [2.05, 4.69) is 0 Å². The van der Waals surface area contributed by atoms with Gasteiger partial charge in [0.15, 0.2) is 0 Å². The number of nitro benzene ring substituents is 2. The number of hydrogen-bond acceptors (Lipinski definition) is 7. The predicted octanol–water partition coefficient (Wildman–Crippen LogP) is 2.87. The highest BCUT2D eigenvalue weighted by Gasteiger charge is 2.61. The summed E-state index contributed by atoms with van der Waals surface area (Å²) < 4.78 is 0. The lowest BCUT2D eigenvalue weighted by Gasteiger charge is -2.31. The van der Waals surface area contributed by atoms with Crippen molar-refractivity contribution >= 4 is 29.1 Å². The number of rotatable bonds is 6. The van der Waals surface area contributed by atoms with E-state index in [-0.39, 0.29) is 34.3 Å². The zero-order valence-electron chi connectivity index (χ0n) is 17.6. The maximum Gasteiger partial charge on any atom is 0.274 e. The fourth-order valence-corrected chi connectivity index (χ4v) is 5.22. The molecule has 1 aliphatic heterocycles. The van der Waals surface area contributed by atoms with Crippen LogP contribution in [-0.2, 0) is 16.1 Å². The Kier molecular flexibility index (Phi) is 4.96. The molecule has 1 saturated carbocycles. The van der Waals surface area contributed by atoms with Gasteiger partial charge < -0.3 is 0 Å². The highest BCUT2D eigenvalue weighted by molar-refractivity contribution is 6.08. The van der Waals surface area contributed by atoms with Crippen LogP contribution in [0.4, 0.5) is 11.4 Å². The van der Waals surface area contributed by atoms with Gasteiger partial charge in [0.05, 0.1) is 33.8 Å². The van der Waals surface area contributed by atoms with Crippen molar-refractivity contribution in [3.8, 4) is 0 Å². The van der Waals surface area contributed by atoms with Crippen LogP contribution in [0.15, 0.2) is 60.7 Å². The molecule has 11 heteroatoms. The van der Waals surface area contributed by atoms with E-state index in [0.717, 1.165) is 22.2 Å². The number of non-ortho nitro benzene ring substituents is 1. The number of benzene rings is 2. The molecule has 2 bridgehead atoms. The van der Waals surface area contributed by atoms with E-state index in [0.29, 0.717) is 6.42 Å². The van der Waals surface area contributed by atoms with Crippen LogP contribution in [0, 0.1) is 43.9 Å². The van der Waals surface area contributed by atoms with E-state index in [9.17, 15) is 34.6 Å². The van der Waals surface area contributed by atoms with Crippen LogP contribution >= 0.6 is 0 Å². The van der Waals surface area contributed by atoms with Gasteiger partial charge in [0, 0.05) is 23.8 Å². The number of amides is 3. The van der Waals surface area contributed by atoms with Gasteiger partial charge in [0.1, 0.15) is 0 Å². The minimum Gasteiger partial charge on any atom is -0.272 e. The lowest BCUT2D eigenvalue weighted by Crippen LogP contribution is -2.50. The van der Waals surface area contributed by atoms with Crippen LogP contribution in [-0.4, -0.2) is 37.6 Å². The quantitative estimate of drug-likeness (QED) is 0.278. The van der Waals surface area contributed by atoms with Crippen molar-refractivity contribution in [3.05, 3.63) is 92.0 Å². The van der Waals surface area contributed by atoms with E-state index in [1.54, 1.807) is 6.07 Å². The summed E-state index contributed by atoms with van der Waals surface area (Å²) in [6.07, 6.45) is 4.55. The Morgan fingerprint density at radius 3 is 2.06 bits per heavy atom. The summed E-state index contributed by atoms with van der Waals surface area (Å²) in [5.74, 6) is -3.10. The van der Waals surface area contributed by atoms with Crippen LogP contribution in [0.5, 0.6) is 0 Å². The SMILES string of the molecule is O=C(c1ccc([N+](=O)[O-])cc1)N(Cc1ccccc1[N+](=O)[O-])N1C(=O)[C@H]2[C@H](C1=O)[C@H]1C=C[C@H]2C1. The lowest BCUT2D eigenvalue weighted by molar-refractivity contribution is -0.385. The molecule has 1 heterocycles. The van der Waals surface area contributed by atoms with Gasteiger partial charge in [-0.25, -0.2) is 5.01 Å². The molecule has 0 radical (unpaired) electrons. The third-order valence-corrected chi connectivity index (χ3v) is 6.76. The molecule has 0 spiro atoms. The highest BCUT2D eigenvalue weighted by Crippen LogP contribution is 2.53. The molecule has 2 fully saturated rings. The summed E-state index contributed by atoms with van der Waals surface area (Å²) in [7, 11) is 0. The van der Waals surface area contributed by atoms with Crippen LogP contribution in [0.1, 0.15) is 22.3 Å². The van der Waals surface area contributed by atoms with Crippen LogP contribution in [0.3, 0.4) is 0 Å². The second-order valence-electron chi connectivity index (χ2n) is 8.54. The Hall–Kier alpha value is -4.41. The Bertz CT molecular complexity index is 1240. The summed E-state index contributed by atoms with van der Waals surface area (Å²) in [6, 6.07) is 10.5. The van der Waals surface area contributed by atoms with Crippen molar-refractivity contribution in [2.24, 2.45) is 23.7 Å². The fourth-order valence-electron chi connectivity index (χ4n) is 5.22. The Labute approximate surface area is 192 Å². The normalized spacial score (nSPS) is 24.4. The van der Waals surface area contributed by atoms with Gasteiger partial charge in [-0.1, -0.05) is 30.4 Å². The molecular formula is C23H18N4O7. The van der Waals surface area contributed by atoms with Crippen LogP contribution < -0.4 is 0 Å². The molecule has 5 rings (SSSR count). The van der Waals surface area contributed by atoms with Crippen molar-refractivity contribution in [2.75, 3.05) is 0 Å². The van der Waals surface area contributed by atoms with Crippen molar-refractivity contribution in [3.63, 3.8) is 0 Å². The third-order valence-electron chi connectivity index (χ3n) is 6.76. The zero-order chi connectivity index (χ0) is 24.1. The topological polar surface area (TPSA) is 144 Å². The number of carbonyl (C=O) groups excluding carboxylic acids is 3. The van der Waals surface area contributed by atoms with E-state index in [1.165, 1.54) is 30.3 Å². The standard InChI is InChI=1S/C23H18N4O7/c28-21(13-7-9-17(10-8-13)26(31)32)24(12-16-3-1-2-4-18(16)27(33)34)25-22(29)19-14-5-6-15(11-14)20(19)23(25)30/h1-10,14-15,19-20H,11-12H2/t14-,15-,19+,20+/m0/s1. The van der Waals surface area contributed by atoms with E-state index < -0.39 is 45.9 Å². The second kappa shape index (κ2) is 7.87. The molecule has 0 aromatic heterocycles. The summed E-state index contributed by atoms with van der Waals surface area (Å²) in [5.41, 5.74) is -0.346. The summed E-state index contributed by atoms with van der Waals surface area (Å²) >= 11 is 0. The molecule has 2 aromatic carbocycles. The Morgan fingerprint density at radius 2 is 1.50 bits per heavy atom. The number of fused-ring (bicyclic) bond motifs is 5. The molecule has 0 N–H and O–H groups in total. The first kappa shape index (κ1) is 21.4. The Morgan fingerprint density at radius 1 is 0.912 bits per heavy atom. The summed E-state index contributed by atoms with van der Waals surface area (Å²) in [5, 5.41) is 24.3. The first-order valence-electron chi connectivity index (χ1n) is 10.6. The number of hydrogen-bond donors (Lipinski definition) is 0. The number of nitrogens with zero attached hydrogens (tertiary/aromatic N) is 4. The summed E-state index contributed by atoms with van der Waals surface area (Å²) in [4.78, 5) is 61.5. The van der Waals surface area contributed by atoms with Crippen molar-refractivity contribution in [1.82, 2.24) is 10.0 Å². The molecule has 2 aromatic rings. The number of para-hydroxylation sites is 1. The average Bonchev–Trinajstić information content (AvgIpc) is 3.51. The van der Waals surface area contributed by atoms with Gasteiger partial charge in [0.25, 0.3) is 29.1 Å². The van der Waals surface area contributed by atoms with E-state index >= 15 is 0 Å². The van der Waals surface area contributed by atoms with Gasteiger partial charge in [-0.15, -0.1) is 0 Å². The van der Waals surface area contributed by atoms with Gasteiger partial charge >= 0.3 is 0 Å². The van der Waals surface area contributed by atoms with Crippen molar-refractivity contribution < 1.29 is 24.2 Å². The van der Waals surface area contributed by atoms with Gasteiger partial charge in [-0.05, 0) is 30.4 Å². The van der Waals surface area contributed by atoms with Crippen LogP contribution in [0.25, 0.3) is 0 Å². The third kappa shape index (κ3) is 3.24. The minimum absolute atomic E-state index is 0.00272. The maximum atomic E-state index is 13.5. The molecule has 1 saturated heterocycles. The largest absolute Gasteiger partial charge is 0.274 e. The van der Waals surface area contributed by atoms with Gasteiger partial charge in [-0.3, -0.25) is 34.6 Å². The monoisotopic (exact) mass is 462 g/mol. The van der Waals surface area contributed by atoms with Crippen LogP contribution in [0.2, 0.25) is 0 Å². The average molecular weight is 462 g/mol. The van der Waals surface area contributed by atoms with Gasteiger partial charge in [-0.2, -0.15) is 5.01 Å². The molecule has 172 valence electrons. The number of hydrazine groups is 1. The number of imide groups is 1. The zero-order valence-corrected chi connectivity index (χ0v) is 17.6. The number of nitro groups is 2. The number of allylic oxidation sites excluding steroid dienone is 2. The van der Waals surface area contributed by atoms with Crippen molar-refractivity contribution in [2.45, 2.75) is 13.0 Å². The number of carbonyl (C=O) groups is 3. The highest BCUT2D eigenvalue weighted by atomic mass is 16.6. The molecule has 4 atom stereocenters. The second-order valence-corrected chi connectivity index (χ2v) is 8.54. The van der Waals surface area contributed by atoms with E-state index in [1.807, 2.05) is 12.2 Å². The molecule has 3 aliphatic rings. The van der Waals surface area contributed by atoms with Crippen molar-refractivity contribution in [1.29, 1.82) is 0 Å². The predicted molar refractivity (Wildman–Crippen MR) is 116 cm³/mol. The molecule has 0 unspecified atom stereocenters.